The molecule has 0 unspecified atom stereocenters. The highest BCUT2D eigenvalue weighted by molar-refractivity contribution is 5.94. The van der Waals surface area contributed by atoms with Gasteiger partial charge in [0.25, 0.3) is 0 Å². The van der Waals surface area contributed by atoms with Gasteiger partial charge in [0.1, 0.15) is 0 Å². The Balaban J connectivity index is 1.52. The molecule has 2 aliphatic heterocycles. The summed E-state index contributed by atoms with van der Waals surface area (Å²) in [5, 5.41) is 0. The number of rotatable bonds is 6. The Morgan fingerprint density at radius 2 is 1.88 bits per heavy atom. The highest BCUT2D eigenvalue weighted by atomic mass is 16.5. The van der Waals surface area contributed by atoms with E-state index in [9.17, 15) is 9.59 Å². The van der Waals surface area contributed by atoms with E-state index >= 15 is 0 Å². The van der Waals surface area contributed by atoms with Gasteiger partial charge in [0.05, 0.1) is 13.2 Å². The van der Waals surface area contributed by atoms with Crippen LogP contribution >= 0.6 is 0 Å². The molecule has 0 saturated carbocycles. The number of ether oxygens (including phenoxy) is 1. The van der Waals surface area contributed by atoms with Crippen molar-refractivity contribution < 1.29 is 14.3 Å². The second-order valence-electron chi connectivity index (χ2n) is 6.99. The maximum atomic E-state index is 12.8. The standard InChI is InChI=1S/C20H29N3O3/c1-17(24)22(12-11-21-13-15-26-16-14-21)10-8-20(25)23-9-4-6-18-5-2-3-7-19(18)23/h2-3,5,7H,4,6,8-16H2,1H3. The summed E-state index contributed by atoms with van der Waals surface area (Å²) in [5.41, 5.74) is 2.27. The maximum Gasteiger partial charge on any atom is 0.228 e. The zero-order valence-corrected chi connectivity index (χ0v) is 15.7. The summed E-state index contributed by atoms with van der Waals surface area (Å²) in [4.78, 5) is 30.7. The first-order chi connectivity index (χ1) is 12.6. The van der Waals surface area contributed by atoms with Crippen molar-refractivity contribution in [2.45, 2.75) is 26.2 Å². The first-order valence-corrected chi connectivity index (χ1v) is 9.59. The summed E-state index contributed by atoms with van der Waals surface area (Å²) >= 11 is 0. The fourth-order valence-corrected chi connectivity index (χ4v) is 3.67. The lowest BCUT2D eigenvalue weighted by Gasteiger charge is -2.31. The molecule has 1 fully saturated rings. The molecule has 26 heavy (non-hydrogen) atoms. The van der Waals surface area contributed by atoms with Gasteiger partial charge in [-0.05, 0) is 24.5 Å². The van der Waals surface area contributed by atoms with Crippen molar-refractivity contribution in [3.05, 3.63) is 29.8 Å². The number of hydrogen-bond donors (Lipinski definition) is 0. The zero-order chi connectivity index (χ0) is 18.4. The van der Waals surface area contributed by atoms with Gasteiger partial charge in [-0.1, -0.05) is 18.2 Å². The molecule has 0 aliphatic carbocycles. The third-order valence-electron chi connectivity index (χ3n) is 5.24. The van der Waals surface area contributed by atoms with Gasteiger partial charge in [0, 0.05) is 58.3 Å². The number of para-hydroxylation sites is 1. The Morgan fingerprint density at radius 3 is 2.65 bits per heavy atom. The van der Waals surface area contributed by atoms with Crippen LogP contribution in [0.25, 0.3) is 0 Å². The van der Waals surface area contributed by atoms with Crippen molar-refractivity contribution in [1.29, 1.82) is 0 Å². The minimum Gasteiger partial charge on any atom is -0.379 e. The second kappa shape index (κ2) is 9.14. The van der Waals surface area contributed by atoms with Gasteiger partial charge in [0.2, 0.25) is 11.8 Å². The average Bonchev–Trinajstić information content (AvgIpc) is 2.67. The molecule has 0 bridgehead atoms. The number of benzene rings is 1. The lowest BCUT2D eigenvalue weighted by atomic mass is 10.0. The minimum atomic E-state index is 0.0325. The molecule has 2 aliphatic rings. The average molecular weight is 359 g/mol. The van der Waals surface area contributed by atoms with Crippen molar-refractivity contribution in [2.75, 3.05) is 57.4 Å². The van der Waals surface area contributed by atoms with Crippen molar-refractivity contribution in [3.8, 4) is 0 Å². The number of anilines is 1. The minimum absolute atomic E-state index is 0.0325. The molecule has 3 rings (SSSR count). The van der Waals surface area contributed by atoms with Crippen LogP contribution in [-0.4, -0.2) is 74.1 Å². The molecule has 1 aromatic rings. The summed E-state index contributed by atoms with van der Waals surface area (Å²) < 4.78 is 5.36. The quantitative estimate of drug-likeness (QED) is 0.773. The van der Waals surface area contributed by atoms with Gasteiger partial charge in [-0.25, -0.2) is 0 Å². The van der Waals surface area contributed by atoms with Crippen LogP contribution in [-0.2, 0) is 20.7 Å². The monoisotopic (exact) mass is 359 g/mol. The van der Waals surface area contributed by atoms with Gasteiger partial charge in [-0.3, -0.25) is 14.5 Å². The SMILES string of the molecule is CC(=O)N(CCC(=O)N1CCCc2ccccc21)CCN1CCOCC1. The lowest BCUT2D eigenvalue weighted by molar-refractivity contribution is -0.129. The van der Waals surface area contributed by atoms with E-state index in [0.29, 0.717) is 19.5 Å². The molecule has 142 valence electrons. The molecule has 6 nitrogen and oxygen atoms in total. The van der Waals surface area contributed by atoms with Crippen LogP contribution in [0, 0.1) is 0 Å². The van der Waals surface area contributed by atoms with Crippen LogP contribution in [0.5, 0.6) is 0 Å². The smallest absolute Gasteiger partial charge is 0.228 e. The van der Waals surface area contributed by atoms with E-state index in [1.165, 1.54) is 5.56 Å². The van der Waals surface area contributed by atoms with Crippen LogP contribution in [0.1, 0.15) is 25.3 Å². The van der Waals surface area contributed by atoms with Crippen molar-refractivity contribution in [2.24, 2.45) is 0 Å². The maximum absolute atomic E-state index is 12.8. The molecule has 0 radical (unpaired) electrons. The molecular weight excluding hydrogens is 330 g/mol. The first-order valence-electron chi connectivity index (χ1n) is 9.59. The summed E-state index contributed by atoms with van der Waals surface area (Å²) in [7, 11) is 0. The van der Waals surface area contributed by atoms with E-state index in [1.807, 2.05) is 23.1 Å². The Bertz CT molecular complexity index is 628. The topological polar surface area (TPSA) is 53.1 Å². The van der Waals surface area contributed by atoms with Crippen LogP contribution in [0.15, 0.2) is 24.3 Å². The largest absolute Gasteiger partial charge is 0.379 e. The van der Waals surface area contributed by atoms with Gasteiger partial charge in [0.15, 0.2) is 0 Å². The number of hydrogen-bond acceptors (Lipinski definition) is 4. The summed E-state index contributed by atoms with van der Waals surface area (Å²) in [6.45, 7) is 7.67. The van der Waals surface area contributed by atoms with Crippen LogP contribution in [0.3, 0.4) is 0 Å². The summed E-state index contributed by atoms with van der Waals surface area (Å²) in [6.07, 6.45) is 2.40. The fraction of sp³-hybridized carbons (Fsp3) is 0.600. The molecular formula is C20H29N3O3. The first kappa shape index (κ1) is 18.9. The Hall–Kier alpha value is -1.92. The Labute approximate surface area is 155 Å². The fourth-order valence-electron chi connectivity index (χ4n) is 3.67. The predicted octanol–water partition coefficient (Wildman–Crippen LogP) is 1.54. The molecule has 1 saturated heterocycles. The molecule has 2 amide bonds. The third kappa shape index (κ3) is 4.83. The zero-order valence-electron chi connectivity index (χ0n) is 15.7. The van der Waals surface area contributed by atoms with E-state index in [-0.39, 0.29) is 11.8 Å². The van der Waals surface area contributed by atoms with E-state index in [1.54, 1.807) is 11.8 Å². The summed E-state index contributed by atoms with van der Waals surface area (Å²) in [5.74, 6) is 0.139. The molecule has 0 N–H and O–H groups in total. The number of carbonyl (C=O) groups is 2. The second-order valence-corrected chi connectivity index (χ2v) is 6.99. The van der Waals surface area contributed by atoms with E-state index in [0.717, 1.165) is 57.9 Å². The molecule has 0 spiro atoms. The number of amides is 2. The van der Waals surface area contributed by atoms with E-state index < -0.39 is 0 Å². The molecule has 1 aromatic carbocycles. The highest BCUT2D eigenvalue weighted by Gasteiger charge is 2.23. The van der Waals surface area contributed by atoms with Crippen molar-refractivity contribution in [3.63, 3.8) is 0 Å². The predicted molar refractivity (Wildman–Crippen MR) is 101 cm³/mol. The van der Waals surface area contributed by atoms with Crippen molar-refractivity contribution >= 4 is 17.5 Å². The molecule has 2 heterocycles. The normalized spacial score (nSPS) is 17.7. The number of nitrogens with zero attached hydrogens (tertiary/aromatic N) is 3. The lowest BCUT2D eigenvalue weighted by Crippen LogP contribution is -2.44. The van der Waals surface area contributed by atoms with Gasteiger partial charge in [-0.15, -0.1) is 0 Å². The van der Waals surface area contributed by atoms with Crippen LogP contribution < -0.4 is 4.90 Å². The Kier molecular flexibility index (Phi) is 6.63. The van der Waals surface area contributed by atoms with Gasteiger partial charge >= 0.3 is 0 Å². The van der Waals surface area contributed by atoms with Crippen molar-refractivity contribution in [1.82, 2.24) is 9.80 Å². The van der Waals surface area contributed by atoms with Gasteiger partial charge in [-0.2, -0.15) is 0 Å². The van der Waals surface area contributed by atoms with Crippen LogP contribution in [0.4, 0.5) is 5.69 Å². The van der Waals surface area contributed by atoms with Gasteiger partial charge < -0.3 is 14.5 Å². The number of morpholine rings is 1. The summed E-state index contributed by atoms with van der Waals surface area (Å²) in [6, 6.07) is 8.12. The third-order valence-corrected chi connectivity index (χ3v) is 5.24. The molecule has 0 aromatic heterocycles. The van der Waals surface area contributed by atoms with E-state index in [2.05, 4.69) is 11.0 Å². The number of carbonyl (C=O) groups excluding carboxylic acids is 2. The molecule has 0 atom stereocenters. The Morgan fingerprint density at radius 1 is 1.12 bits per heavy atom. The highest BCUT2D eigenvalue weighted by Crippen LogP contribution is 2.27. The number of aryl methyl sites for hydroxylation is 1. The van der Waals surface area contributed by atoms with Crippen LogP contribution in [0.2, 0.25) is 0 Å². The molecule has 6 heteroatoms. The van der Waals surface area contributed by atoms with E-state index in [4.69, 9.17) is 4.74 Å². The number of fused-ring (bicyclic) bond motifs is 1.